The summed E-state index contributed by atoms with van der Waals surface area (Å²) in [6.45, 7) is 9.81. The smallest absolute Gasteiger partial charge is 0.183 e. The lowest BCUT2D eigenvalue weighted by Crippen LogP contribution is -2.22. The number of hydrogen-bond donors (Lipinski definition) is 3. The number of allylic oxidation sites excluding steroid dienone is 1. The van der Waals surface area contributed by atoms with Crippen molar-refractivity contribution in [2.45, 2.75) is 48.6 Å². The van der Waals surface area contributed by atoms with Crippen LogP contribution in [-0.4, -0.2) is 86.1 Å². The molecule has 0 unspecified atom stereocenters. The van der Waals surface area contributed by atoms with Crippen molar-refractivity contribution in [3.63, 3.8) is 0 Å². The molecule has 2 aliphatic rings. The zero-order valence-electron chi connectivity index (χ0n) is 33.1. The fraction of sp³-hybridized carbons (Fsp3) is 0.310. The molecule has 0 saturated carbocycles. The molecule has 9 rings (SSSR count). The van der Waals surface area contributed by atoms with Crippen LogP contribution >= 0.6 is 46.2 Å². The van der Waals surface area contributed by atoms with Crippen molar-refractivity contribution in [2.75, 3.05) is 71.8 Å². The number of hydrogen-bond acceptors (Lipinski definition) is 15. The molecule has 7 aromatic rings. The van der Waals surface area contributed by atoms with Crippen molar-refractivity contribution in [1.82, 2.24) is 29.2 Å². The number of fused-ring (bicyclic) bond motifs is 2. The van der Waals surface area contributed by atoms with E-state index in [1.807, 2.05) is 36.5 Å². The fourth-order valence-corrected chi connectivity index (χ4v) is 9.72. The SMILES string of the molecule is C=C(C=NC)Sc1ccccc1.Nc1cc(N2CCCC2)nc2c(N(Cc3cccs3)Cc3cccs3)cnn12.Nc1cc(N2CCCC2)nc2c(SCCO)cnn12. The van der Waals surface area contributed by atoms with Crippen molar-refractivity contribution in [3.05, 3.63) is 111 Å². The first-order valence-corrected chi connectivity index (χ1v) is 23.1. The molecule has 6 aromatic heterocycles. The van der Waals surface area contributed by atoms with Gasteiger partial charge in [0.2, 0.25) is 0 Å². The lowest BCUT2D eigenvalue weighted by Gasteiger charge is -2.23. The van der Waals surface area contributed by atoms with Crippen molar-refractivity contribution in [3.8, 4) is 0 Å². The zero-order valence-corrected chi connectivity index (χ0v) is 36.4. The summed E-state index contributed by atoms with van der Waals surface area (Å²) in [6.07, 6.45) is 10.2. The molecule has 0 atom stereocenters. The Balaban J connectivity index is 0.000000147. The Hall–Kier alpha value is -5.07. The van der Waals surface area contributed by atoms with E-state index in [-0.39, 0.29) is 6.61 Å². The van der Waals surface area contributed by atoms with Gasteiger partial charge in [-0.3, -0.25) is 4.99 Å². The molecule has 0 bridgehead atoms. The van der Waals surface area contributed by atoms with Crippen LogP contribution in [0.3, 0.4) is 0 Å². The van der Waals surface area contributed by atoms with E-state index in [0.29, 0.717) is 17.4 Å². The average molecular weight is 867 g/mol. The summed E-state index contributed by atoms with van der Waals surface area (Å²) in [5.74, 6) is 3.75. The summed E-state index contributed by atoms with van der Waals surface area (Å²) < 4.78 is 3.41. The normalized spacial score (nSPS) is 13.9. The van der Waals surface area contributed by atoms with E-state index < -0.39 is 0 Å². The Kier molecular flexibility index (Phi) is 14.8. The molecule has 2 saturated heterocycles. The summed E-state index contributed by atoms with van der Waals surface area (Å²) in [5.41, 5.74) is 15.0. The zero-order chi connectivity index (χ0) is 41.0. The number of aliphatic hydroxyl groups is 1. The van der Waals surface area contributed by atoms with Crippen LogP contribution in [0.1, 0.15) is 35.4 Å². The molecule has 1 aromatic carbocycles. The largest absolute Gasteiger partial charge is 0.396 e. The molecule has 0 aliphatic carbocycles. The van der Waals surface area contributed by atoms with E-state index in [1.54, 1.807) is 74.7 Å². The van der Waals surface area contributed by atoms with E-state index in [9.17, 15) is 0 Å². The third kappa shape index (κ3) is 11.0. The van der Waals surface area contributed by atoms with Crippen molar-refractivity contribution in [1.29, 1.82) is 0 Å². The van der Waals surface area contributed by atoms with Crippen molar-refractivity contribution < 1.29 is 5.11 Å². The highest BCUT2D eigenvalue weighted by Gasteiger charge is 2.21. The van der Waals surface area contributed by atoms with Gasteiger partial charge in [-0.2, -0.15) is 19.2 Å². The summed E-state index contributed by atoms with van der Waals surface area (Å²) in [6, 6.07) is 22.5. The first-order valence-electron chi connectivity index (χ1n) is 19.6. The van der Waals surface area contributed by atoms with Gasteiger partial charge in [0.1, 0.15) is 29.0 Å². The number of rotatable bonds is 13. The maximum absolute atomic E-state index is 8.92. The minimum Gasteiger partial charge on any atom is -0.396 e. The molecular formula is C42H50N12OS4. The Bertz CT molecular complexity index is 2370. The third-order valence-corrected chi connectivity index (χ3v) is 13.2. The van der Waals surface area contributed by atoms with Gasteiger partial charge in [-0.1, -0.05) is 48.7 Å². The number of nitrogen functional groups attached to an aromatic ring is 2. The van der Waals surface area contributed by atoms with Crippen LogP contribution in [-0.2, 0) is 13.1 Å². The maximum Gasteiger partial charge on any atom is 0.183 e. The van der Waals surface area contributed by atoms with Gasteiger partial charge in [0.25, 0.3) is 0 Å². The second kappa shape index (κ2) is 20.8. The fourth-order valence-electron chi connectivity index (χ4n) is 6.83. The molecule has 59 heavy (non-hydrogen) atoms. The Morgan fingerprint density at radius 1 is 0.814 bits per heavy atom. The number of aliphatic imine (C=N–C) groups is 1. The van der Waals surface area contributed by atoms with Crippen LogP contribution in [0, 0.1) is 0 Å². The Morgan fingerprint density at radius 2 is 1.37 bits per heavy atom. The summed E-state index contributed by atoms with van der Waals surface area (Å²) >= 11 is 6.72. The van der Waals surface area contributed by atoms with E-state index in [0.717, 1.165) is 77.7 Å². The third-order valence-electron chi connectivity index (χ3n) is 9.59. The van der Waals surface area contributed by atoms with E-state index >= 15 is 0 Å². The number of aromatic nitrogens is 6. The lowest BCUT2D eigenvalue weighted by atomic mass is 10.3. The van der Waals surface area contributed by atoms with Crippen LogP contribution < -0.4 is 26.2 Å². The van der Waals surface area contributed by atoms with Gasteiger partial charge in [-0.05, 0) is 60.7 Å². The highest BCUT2D eigenvalue weighted by Crippen LogP contribution is 2.31. The second-order valence-electron chi connectivity index (χ2n) is 13.8. The standard InChI is InChI=1S/C20H22N6S2.C12H17N5OS.C10H11NS/c21-18-11-19(24-7-1-2-8-24)23-20-17(12-22-26(18)20)25(13-15-5-3-9-27-15)14-16-6-4-10-28-16;13-10-7-11(16-3-1-2-4-16)15-12-9(19-6-5-18)8-14-17(10)12;1-9(8-11-2)12-10-6-4-3-5-7-10/h3-6,9-12H,1-2,7-8,13-14,21H2;7-8,18H,1-6,13H2;3-8H,1H2,2H3. The lowest BCUT2D eigenvalue weighted by molar-refractivity contribution is 0.322. The highest BCUT2D eigenvalue weighted by atomic mass is 32.2. The van der Waals surface area contributed by atoms with Crippen LogP contribution in [0.4, 0.5) is 29.0 Å². The number of anilines is 5. The number of thiophene rings is 2. The van der Waals surface area contributed by atoms with Gasteiger partial charge in [-0.15, -0.1) is 34.4 Å². The van der Waals surface area contributed by atoms with Crippen LogP contribution in [0.5, 0.6) is 0 Å². The van der Waals surface area contributed by atoms with Crippen LogP contribution in [0.25, 0.3) is 11.3 Å². The maximum atomic E-state index is 8.92. The molecule has 5 N–H and O–H groups in total. The first kappa shape index (κ1) is 42.1. The minimum absolute atomic E-state index is 0.142. The Labute approximate surface area is 361 Å². The molecule has 0 spiro atoms. The molecule has 0 radical (unpaired) electrons. The number of aliphatic hydroxyl groups excluding tert-OH is 1. The number of thioether (sulfide) groups is 2. The molecule has 308 valence electrons. The number of benzene rings is 1. The van der Waals surface area contributed by atoms with Crippen molar-refractivity contribution in [2.24, 2.45) is 4.99 Å². The molecule has 8 heterocycles. The van der Waals surface area contributed by atoms with Gasteiger partial charge in [0, 0.05) is 76.9 Å². The monoisotopic (exact) mass is 866 g/mol. The van der Waals surface area contributed by atoms with Gasteiger partial charge < -0.3 is 31.3 Å². The summed E-state index contributed by atoms with van der Waals surface area (Å²) in [4.78, 5) is 26.2. The van der Waals surface area contributed by atoms with Gasteiger partial charge in [-0.25, -0.2) is 9.97 Å². The Morgan fingerprint density at radius 3 is 1.92 bits per heavy atom. The number of nitrogens with two attached hydrogens (primary N) is 2. The van der Waals surface area contributed by atoms with Crippen LogP contribution in [0.15, 0.2) is 116 Å². The van der Waals surface area contributed by atoms with Crippen molar-refractivity contribution >= 4 is 92.7 Å². The second-order valence-corrected chi connectivity index (χ2v) is 18.2. The molecule has 0 amide bonds. The summed E-state index contributed by atoms with van der Waals surface area (Å²) in [5, 5.41) is 21.9. The van der Waals surface area contributed by atoms with Gasteiger partial charge in [0.15, 0.2) is 11.3 Å². The van der Waals surface area contributed by atoms with Crippen LogP contribution in [0.2, 0.25) is 0 Å². The molecule has 2 fully saturated rings. The van der Waals surface area contributed by atoms with E-state index in [4.69, 9.17) is 21.6 Å². The quantitative estimate of drug-likeness (QED) is 0.0756. The molecule has 17 heteroatoms. The van der Waals surface area contributed by atoms with Gasteiger partial charge >= 0.3 is 0 Å². The van der Waals surface area contributed by atoms with E-state index in [2.05, 4.69) is 88.6 Å². The predicted octanol–water partition coefficient (Wildman–Crippen LogP) is 8.23. The molecular weight excluding hydrogens is 817 g/mol. The topological polar surface area (TPSA) is 155 Å². The van der Waals surface area contributed by atoms with E-state index in [1.165, 1.54) is 40.3 Å². The van der Waals surface area contributed by atoms with Gasteiger partial charge in [0.05, 0.1) is 37.0 Å². The average Bonchev–Trinajstić information content (AvgIpc) is 4.10. The number of nitrogens with zero attached hydrogens (tertiary/aromatic N) is 10. The predicted molar refractivity (Wildman–Crippen MR) is 250 cm³/mol. The molecule has 2 aliphatic heterocycles. The minimum atomic E-state index is 0.142. The summed E-state index contributed by atoms with van der Waals surface area (Å²) in [7, 11) is 1.75. The molecule has 13 nitrogen and oxygen atoms in total. The highest BCUT2D eigenvalue weighted by molar-refractivity contribution is 8.03. The first-order chi connectivity index (χ1) is 28.9.